The first-order valence-corrected chi connectivity index (χ1v) is 17.8. The van der Waals surface area contributed by atoms with E-state index in [0.29, 0.717) is 12.0 Å². The zero-order valence-electron chi connectivity index (χ0n) is 31.1. The van der Waals surface area contributed by atoms with E-state index in [9.17, 15) is 24.3 Å². The van der Waals surface area contributed by atoms with E-state index < -0.39 is 53.2 Å². The summed E-state index contributed by atoms with van der Waals surface area (Å²) in [6, 6.07) is 21.2. The van der Waals surface area contributed by atoms with Crippen LogP contribution in [0.3, 0.4) is 0 Å². The van der Waals surface area contributed by atoms with Crippen LogP contribution in [0.25, 0.3) is 0 Å². The fraction of sp³-hybridized carbons (Fsp3) is 0.463. The van der Waals surface area contributed by atoms with E-state index in [4.69, 9.17) is 9.47 Å². The number of hydrogen-bond donors (Lipinski definition) is 3. The third-order valence-electron chi connectivity index (χ3n) is 7.84. The van der Waals surface area contributed by atoms with Crippen LogP contribution in [0.2, 0.25) is 0 Å². The lowest BCUT2D eigenvalue weighted by molar-refractivity contribution is -0.159. The van der Waals surface area contributed by atoms with Crippen LogP contribution in [0.15, 0.2) is 84.9 Å². The van der Waals surface area contributed by atoms with E-state index in [-0.39, 0.29) is 25.1 Å². The average Bonchev–Trinajstić information content (AvgIpc) is 3.04. The zero-order chi connectivity index (χ0) is 37.6. The molecule has 3 aromatic rings. The largest absolute Gasteiger partial charge is 0.508 e. The molecule has 0 bridgehead atoms. The summed E-state index contributed by atoms with van der Waals surface area (Å²) in [5, 5.41) is 16.2. The van der Waals surface area contributed by atoms with Gasteiger partial charge in [-0.15, -0.1) is 0 Å². The Kier molecular flexibility index (Phi) is 15.1. The molecule has 51 heavy (non-hydrogen) atoms. The highest BCUT2D eigenvalue weighted by molar-refractivity contribution is 5.94. The fourth-order valence-corrected chi connectivity index (χ4v) is 5.61. The number of phenolic OH excluding ortho intramolecular Hbond substituents is 1. The molecule has 0 saturated carbocycles. The lowest BCUT2D eigenvalue weighted by atomic mass is 9.98. The van der Waals surface area contributed by atoms with Crippen molar-refractivity contribution in [1.82, 2.24) is 15.5 Å². The maximum Gasteiger partial charge on any atom is 0.408 e. The molecule has 0 spiro atoms. The number of aromatic hydroxyl groups is 1. The summed E-state index contributed by atoms with van der Waals surface area (Å²) in [7, 11) is 0. The van der Waals surface area contributed by atoms with Crippen LogP contribution < -0.4 is 10.6 Å². The number of nitrogens with zero attached hydrogens (tertiary/aromatic N) is 1. The summed E-state index contributed by atoms with van der Waals surface area (Å²) in [6.07, 6.45) is 2.76. The Balaban J connectivity index is 2.11. The Morgan fingerprint density at radius 2 is 1.27 bits per heavy atom. The first-order chi connectivity index (χ1) is 24.1. The molecule has 0 fully saturated rings. The summed E-state index contributed by atoms with van der Waals surface area (Å²) in [5.41, 5.74) is 0.308. The van der Waals surface area contributed by atoms with Crippen LogP contribution in [0.4, 0.5) is 4.79 Å². The number of carbonyl (C=O) groups is 4. The van der Waals surface area contributed by atoms with Crippen molar-refractivity contribution in [2.24, 2.45) is 0 Å². The van der Waals surface area contributed by atoms with Crippen LogP contribution in [0, 0.1) is 0 Å². The number of rotatable bonds is 16. The SMILES string of the molecule is CCCCCCN(C(=O)C(Cc1ccccc1)NC(=O)OC(C)(C)C)C(C(=O)NC(Cc1ccccc1)C(=O)OC(C)(C)C)c1cccc(O)c1. The number of unbranched alkanes of at least 4 members (excludes halogenated alkanes) is 3. The molecule has 3 aromatic carbocycles. The molecule has 0 aliphatic heterocycles. The lowest BCUT2D eigenvalue weighted by Gasteiger charge is -2.35. The van der Waals surface area contributed by atoms with Gasteiger partial charge in [0.1, 0.15) is 35.1 Å². The third-order valence-corrected chi connectivity index (χ3v) is 7.84. The van der Waals surface area contributed by atoms with Gasteiger partial charge in [0, 0.05) is 19.4 Å². The molecule has 3 N–H and O–H groups in total. The van der Waals surface area contributed by atoms with Gasteiger partial charge >= 0.3 is 12.1 Å². The zero-order valence-corrected chi connectivity index (χ0v) is 31.1. The smallest absolute Gasteiger partial charge is 0.408 e. The molecule has 0 radical (unpaired) electrons. The highest BCUT2D eigenvalue weighted by Gasteiger charge is 2.38. The van der Waals surface area contributed by atoms with Gasteiger partial charge in [-0.25, -0.2) is 9.59 Å². The van der Waals surface area contributed by atoms with Gasteiger partial charge in [0.15, 0.2) is 0 Å². The van der Waals surface area contributed by atoms with Crippen molar-refractivity contribution in [2.75, 3.05) is 6.54 Å². The number of carbonyl (C=O) groups excluding carboxylic acids is 4. The Morgan fingerprint density at radius 3 is 1.80 bits per heavy atom. The second kappa shape index (κ2) is 18.9. The summed E-state index contributed by atoms with van der Waals surface area (Å²) in [5.74, 6) is -1.86. The second-order valence-corrected chi connectivity index (χ2v) is 14.8. The van der Waals surface area contributed by atoms with Crippen molar-refractivity contribution >= 4 is 23.9 Å². The van der Waals surface area contributed by atoms with Gasteiger partial charge in [-0.1, -0.05) is 99.0 Å². The van der Waals surface area contributed by atoms with E-state index >= 15 is 0 Å². The Hall–Kier alpha value is -4.86. The van der Waals surface area contributed by atoms with E-state index in [1.165, 1.54) is 17.0 Å². The Labute approximate surface area is 302 Å². The number of esters is 1. The van der Waals surface area contributed by atoms with Crippen molar-refractivity contribution in [3.8, 4) is 5.75 Å². The monoisotopic (exact) mass is 701 g/mol. The predicted molar refractivity (Wildman–Crippen MR) is 198 cm³/mol. The molecule has 0 aliphatic rings. The summed E-state index contributed by atoms with van der Waals surface area (Å²) in [6.45, 7) is 12.7. The van der Waals surface area contributed by atoms with Crippen LogP contribution in [0.1, 0.15) is 96.9 Å². The van der Waals surface area contributed by atoms with Crippen LogP contribution in [-0.2, 0) is 36.7 Å². The quantitative estimate of drug-likeness (QED) is 0.108. The molecule has 0 saturated heterocycles. The number of ether oxygens (including phenoxy) is 2. The minimum atomic E-state index is -1.27. The van der Waals surface area contributed by atoms with Gasteiger partial charge in [-0.05, 0) is 76.8 Å². The summed E-state index contributed by atoms with van der Waals surface area (Å²) < 4.78 is 11.3. The molecule has 3 rings (SSSR count). The van der Waals surface area contributed by atoms with Crippen LogP contribution in [-0.4, -0.2) is 63.7 Å². The number of alkyl carbamates (subject to hydrolysis) is 1. The first kappa shape index (κ1) is 40.6. The molecular formula is C41H55N3O7. The number of benzene rings is 3. The maximum atomic E-state index is 14.8. The summed E-state index contributed by atoms with van der Waals surface area (Å²) >= 11 is 0. The molecule has 0 heterocycles. The number of phenols is 1. The number of nitrogens with one attached hydrogen (secondary N) is 2. The molecule has 3 atom stereocenters. The van der Waals surface area contributed by atoms with Gasteiger partial charge in [0.05, 0.1) is 0 Å². The van der Waals surface area contributed by atoms with E-state index in [1.54, 1.807) is 53.7 Å². The molecule has 3 amide bonds. The molecule has 0 aromatic heterocycles. The topological polar surface area (TPSA) is 134 Å². The standard InChI is InChI=1S/C41H55N3O7/c1-8-9-10-17-25-44(37(47)33(26-29-19-13-11-14-20-29)43-39(49)51-41(5,6)7)35(31-23-18-24-32(45)28-31)36(46)42-34(38(48)50-40(2,3)4)27-30-21-15-12-16-22-30/h11-16,18-24,28,33-35,45H,8-10,17,25-27H2,1-7H3,(H,42,46)(H,43,49). The van der Waals surface area contributed by atoms with Crippen molar-refractivity contribution in [3.63, 3.8) is 0 Å². The normalized spacial score (nSPS) is 13.3. The van der Waals surface area contributed by atoms with E-state index in [2.05, 4.69) is 17.6 Å². The van der Waals surface area contributed by atoms with Gasteiger partial charge in [0.25, 0.3) is 0 Å². The van der Waals surface area contributed by atoms with Crippen molar-refractivity contribution in [2.45, 2.75) is 116 Å². The Morgan fingerprint density at radius 1 is 0.706 bits per heavy atom. The minimum Gasteiger partial charge on any atom is -0.508 e. The van der Waals surface area contributed by atoms with Gasteiger partial charge in [-0.3, -0.25) is 9.59 Å². The Bertz CT molecular complexity index is 1570. The molecule has 0 aliphatic carbocycles. The summed E-state index contributed by atoms with van der Waals surface area (Å²) in [4.78, 5) is 57.7. The molecule has 276 valence electrons. The van der Waals surface area contributed by atoms with Crippen LogP contribution >= 0.6 is 0 Å². The molecule has 3 unspecified atom stereocenters. The molecule has 10 nitrogen and oxygen atoms in total. The number of hydrogen-bond acceptors (Lipinski definition) is 7. The third kappa shape index (κ3) is 14.1. The average molecular weight is 702 g/mol. The highest BCUT2D eigenvalue weighted by Crippen LogP contribution is 2.27. The predicted octanol–water partition coefficient (Wildman–Crippen LogP) is 7.05. The van der Waals surface area contributed by atoms with Gasteiger partial charge < -0.3 is 30.1 Å². The van der Waals surface area contributed by atoms with Gasteiger partial charge in [0.2, 0.25) is 11.8 Å². The van der Waals surface area contributed by atoms with E-state index in [0.717, 1.165) is 30.4 Å². The molecular weight excluding hydrogens is 646 g/mol. The first-order valence-electron chi connectivity index (χ1n) is 17.8. The highest BCUT2D eigenvalue weighted by atomic mass is 16.6. The number of amides is 3. The second-order valence-electron chi connectivity index (χ2n) is 14.8. The van der Waals surface area contributed by atoms with Crippen molar-refractivity contribution in [3.05, 3.63) is 102 Å². The lowest BCUT2D eigenvalue weighted by Crippen LogP contribution is -2.55. The van der Waals surface area contributed by atoms with Gasteiger partial charge in [-0.2, -0.15) is 0 Å². The maximum absolute atomic E-state index is 14.8. The fourth-order valence-electron chi connectivity index (χ4n) is 5.61. The minimum absolute atomic E-state index is 0.0932. The van der Waals surface area contributed by atoms with Crippen LogP contribution in [0.5, 0.6) is 5.75 Å². The van der Waals surface area contributed by atoms with Crippen molar-refractivity contribution < 1.29 is 33.8 Å². The van der Waals surface area contributed by atoms with Crippen molar-refractivity contribution in [1.29, 1.82) is 0 Å². The van der Waals surface area contributed by atoms with E-state index in [1.807, 2.05) is 60.7 Å². The molecule has 10 heteroatoms.